The number of carboxylic acids is 1. The number of nitrogens with one attached hydrogen (secondary N) is 1. The summed E-state index contributed by atoms with van der Waals surface area (Å²) in [6.45, 7) is 0.703. The third kappa shape index (κ3) is 5.21. The third-order valence-electron chi connectivity index (χ3n) is 2.25. The molecule has 0 saturated heterocycles. The Bertz CT molecular complexity index is 230. The minimum Gasteiger partial charge on any atom is -0.480 e. The van der Waals surface area contributed by atoms with Crippen LogP contribution < -0.4 is 11.1 Å². The predicted octanol–water partition coefficient (Wildman–Crippen LogP) is -0.684. The van der Waals surface area contributed by atoms with Gasteiger partial charge in [-0.2, -0.15) is 0 Å². The minimum absolute atomic E-state index is 0.464. The highest BCUT2D eigenvalue weighted by molar-refractivity contribution is 5.77. The fourth-order valence-electron chi connectivity index (χ4n) is 1.21. The van der Waals surface area contributed by atoms with Crippen LogP contribution in [0.5, 0.6) is 0 Å². The Morgan fingerprint density at radius 3 is 2.67 bits per heavy atom. The summed E-state index contributed by atoms with van der Waals surface area (Å²) >= 11 is 0. The molecule has 0 saturated carbocycles. The van der Waals surface area contributed by atoms with Gasteiger partial charge >= 0.3 is 5.97 Å². The average molecular weight is 216 g/mol. The second kappa shape index (κ2) is 7.05. The van der Waals surface area contributed by atoms with Crippen LogP contribution >= 0.6 is 0 Å². The molecule has 0 fully saturated rings. The van der Waals surface area contributed by atoms with Gasteiger partial charge in [0.2, 0.25) is 0 Å². The summed E-state index contributed by atoms with van der Waals surface area (Å²) in [7, 11) is 5.10. The number of carboxylic acid groups (broad SMARTS) is 1. The Morgan fingerprint density at radius 1 is 1.67 bits per heavy atom. The molecule has 0 aromatic rings. The normalized spacial score (nSPS) is 13.7. The summed E-state index contributed by atoms with van der Waals surface area (Å²) in [5.41, 5.74) is 5.57. The maximum absolute atomic E-state index is 10.7. The van der Waals surface area contributed by atoms with Gasteiger partial charge in [0.15, 0.2) is 5.96 Å². The van der Waals surface area contributed by atoms with Gasteiger partial charge in [-0.05, 0) is 19.9 Å². The molecule has 0 bridgehead atoms. The first-order chi connectivity index (χ1) is 7.02. The Balaban J connectivity index is 3.83. The lowest BCUT2D eigenvalue weighted by Crippen LogP contribution is -2.37. The first-order valence-corrected chi connectivity index (χ1v) is 4.86. The van der Waals surface area contributed by atoms with Crippen LogP contribution in [0.1, 0.15) is 12.8 Å². The van der Waals surface area contributed by atoms with E-state index in [0.717, 1.165) is 6.42 Å². The van der Waals surface area contributed by atoms with Crippen molar-refractivity contribution in [1.29, 1.82) is 0 Å². The molecule has 88 valence electrons. The summed E-state index contributed by atoms with van der Waals surface area (Å²) in [6, 6.07) is -0.488. The van der Waals surface area contributed by atoms with Crippen molar-refractivity contribution in [3.8, 4) is 0 Å². The largest absolute Gasteiger partial charge is 0.480 e. The maximum atomic E-state index is 10.7. The van der Waals surface area contributed by atoms with Crippen LogP contribution in [0.2, 0.25) is 0 Å². The monoisotopic (exact) mass is 216 g/mol. The van der Waals surface area contributed by atoms with Crippen molar-refractivity contribution in [2.75, 3.05) is 27.7 Å². The third-order valence-corrected chi connectivity index (χ3v) is 2.25. The van der Waals surface area contributed by atoms with E-state index in [1.807, 2.05) is 7.05 Å². The number of aliphatic carboxylic acids is 1. The summed E-state index contributed by atoms with van der Waals surface area (Å²) in [4.78, 5) is 16.3. The lowest BCUT2D eigenvalue weighted by atomic mass is 10.1. The van der Waals surface area contributed by atoms with Crippen LogP contribution in [-0.4, -0.2) is 55.7 Å². The molecule has 0 unspecified atom stereocenters. The minimum atomic E-state index is -0.822. The molecule has 0 rings (SSSR count). The quantitative estimate of drug-likeness (QED) is 0.404. The van der Waals surface area contributed by atoms with E-state index < -0.39 is 12.0 Å². The topological polar surface area (TPSA) is 91.0 Å². The van der Waals surface area contributed by atoms with E-state index in [4.69, 9.17) is 10.8 Å². The fraction of sp³-hybridized carbons (Fsp3) is 0.778. The highest BCUT2D eigenvalue weighted by atomic mass is 16.4. The summed E-state index contributed by atoms with van der Waals surface area (Å²) in [5, 5.41) is 11.5. The van der Waals surface area contributed by atoms with Gasteiger partial charge in [0.25, 0.3) is 0 Å². The molecule has 0 heterocycles. The standard InChI is InChI=1S/C9H20N4O2/c1-11-7(8(14)15)5-4-6-13(3)9(10)12-2/h7,11H,4-6H2,1-3H3,(H2,10,12)(H,14,15)/t7-/m0/s1. The van der Waals surface area contributed by atoms with E-state index >= 15 is 0 Å². The van der Waals surface area contributed by atoms with Crippen molar-refractivity contribution in [1.82, 2.24) is 10.2 Å². The number of likely N-dealkylation sites (N-methyl/N-ethyl adjacent to an activating group) is 1. The van der Waals surface area contributed by atoms with Gasteiger partial charge in [-0.3, -0.25) is 9.79 Å². The molecule has 4 N–H and O–H groups in total. The van der Waals surface area contributed by atoms with E-state index in [9.17, 15) is 4.79 Å². The zero-order valence-electron chi connectivity index (χ0n) is 9.53. The molecule has 0 aliphatic carbocycles. The number of rotatable bonds is 6. The first kappa shape index (κ1) is 13.7. The molecule has 0 aliphatic rings. The molecule has 0 amide bonds. The second-order valence-corrected chi connectivity index (χ2v) is 3.33. The second-order valence-electron chi connectivity index (χ2n) is 3.33. The molecule has 15 heavy (non-hydrogen) atoms. The Morgan fingerprint density at radius 2 is 2.27 bits per heavy atom. The van der Waals surface area contributed by atoms with E-state index in [1.54, 1.807) is 19.0 Å². The summed E-state index contributed by atoms with van der Waals surface area (Å²) in [6.07, 6.45) is 1.33. The number of carbonyl (C=O) groups is 1. The Hall–Kier alpha value is -1.30. The van der Waals surface area contributed by atoms with E-state index in [2.05, 4.69) is 10.3 Å². The molecule has 0 aliphatic heterocycles. The van der Waals surface area contributed by atoms with E-state index in [0.29, 0.717) is 18.9 Å². The molecule has 0 aromatic heterocycles. The van der Waals surface area contributed by atoms with Crippen LogP contribution in [-0.2, 0) is 4.79 Å². The maximum Gasteiger partial charge on any atom is 0.320 e. The molecule has 0 aromatic carbocycles. The highest BCUT2D eigenvalue weighted by Gasteiger charge is 2.14. The van der Waals surface area contributed by atoms with Gasteiger partial charge in [0, 0.05) is 20.6 Å². The van der Waals surface area contributed by atoms with E-state index in [-0.39, 0.29) is 0 Å². The zero-order valence-corrected chi connectivity index (χ0v) is 9.53. The summed E-state index contributed by atoms with van der Waals surface area (Å²) < 4.78 is 0. The number of nitrogens with two attached hydrogens (primary N) is 1. The first-order valence-electron chi connectivity index (χ1n) is 4.86. The van der Waals surface area contributed by atoms with Crippen LogP contribution in [0.4, 0.5) is 0 Å². The Kier molecular flexibility index (Phi) is 6.44. The number of nitrogens with zero attached hydrogens (tertiary/aromatic N) is 2. The van der Waals surface area contributed by atoms with Crippen molar-refractivity contribution in [3.63, 3.8) is 0 Å². The molecular formula is C9H20N4O2. The highest BCUT2D eigenvalue weighted by Crippen LogP contribution is 1.98. The van der Waals surface area contributed by atoms with Gasteiger partial charge in [-0.15, -0.1) is 0 Å². The number of hydrogen-bond acceptors (Lipinski definition) is 3. The van der Waals surface area contributed by atoms with Gasteiger partial charge in [0.05, 0.1) is 0 Å². The molecular weight excluding hydrogens is 196 g/mol. The van der Waals surface area contributed by atoms with Crippen molar-refractivity contribution < 1.29 is 9.90 Å². The van der Waals surface area contributed by atoms with Crippen LogP contribution in [0.3, 0.4) is 0 Å². The zero-order chi connectivity index (χ0) is 11.8. The van der Waals surface area contributed by atoms with E-state index in [1.165, 1.54) is 0 Å². The van der Waals surface area contributed by atoms with Gasteiger partial charge in [-0.1, -0.05) is 0 Å². The number of aliphatic imine (C=N–C) groups is 1. The van der Waals surface area contributed by atoms with Crippen molar-refractivity contribution in [3.05, 3.63) is 0 Å². The van der Waals surface area contributed by atoms with Gasteiger partial charge < -0.3 is 21.1 Å². The molecule has 6 heteroatoms. The average Bonchev–Trinajstić information content (AvgIpc) is 2.22. The number of hydrogen-bond donors (Lipinski definition) is 3. The van der Waals surface area contributed by atoms with Gasteiger partial charge in [-0.25, -0.2) is 0 Å². The smallest absolute Gasteiger partial charge is 0.320 e. The number of guanidine groups is 1. The molecule has 0 spiro atoms. The molecule has 6 nitrogen and oxygen atoms in total. The fourth-order valence-corrected chi connectivity index (χ4v) is 1.21. The van der Waals surface area contributed by atoms with Crippen molar-refractivity contribution >= 4 is 11.9 Å². The SMILES string of the molecule is CN=C(N)N(C)CCC[C@H](NC)C(=O)O. The van der Waals surface area contributed by atoms with Crippen LogP contribution in [0, 0.1) is 0 Å². The van der Waals surface area contributed by atoms with Crippen molar-refractivity contribution in [2.45, 2.75) is 18.9 Å². The van der Waals surface area contributed by atoms with Crippen molar-refractivity contribution in [2.24, 2.45) is 10.7 Å². The van der Waals surface area contributed by atoms with Crippen LogP contribution in [0.15, 0.2) is 4.99 Å². The van der Waals surface area contributed by atoms with Gasteiger partial charge in [0.1, 0.15) is 6.04 Å². The molecule has 1 atom stereocenters. The predicted molar refractivity (Wildman–Crippen MR) is 59.9 cm³/mol. The summed E-state index contributed by atoms with van der Waals surface area (Å²) in [5.74, 6) is -0.358. The Labute approximate surface area is 90.2 Å². The van der Waals surface area contributed by atoms with Crippen LogP contribution in [0.25, 0.3) is 0 Å². The molecule has 0 radical (unpaired) electrons. The lowest BCUT2D eigenvalue weighted by Gasteiger charge is -2.18. The lowest BCUT2D eigenvalue weighted by molar-refractivity contribution is -0.139.